The Hall–Kier alpha value is -3.68. The van der Waals surface area contributed by atoms with Crippen LogP contribution < -0.4 is 9.47 Å². The van der Waals surface area contributed by atoms with E-state index in [0.717, 1.165) is 30.5 Å². The minimum Gasteiger partial charge on any atom is -0.493 e. The van der Waals surface area contributed by atoms with Gasteiger partial charge in [0.1, 0.15) is 17.4 Å². The van der Waals surface area contributed by atoms with Crippen molar-refractivity contribution < 1.29 is 35.8 Å². The molecule has 224 valence electrons. The first kappa shape index (κ1) is 31.3. The molecule has 0 spiro atoms. The average molecular weight is 589 g/mol. The van der Waals surface area contributed by atoms with Crippen LogP contribution >= 0.6 is 0 Å². The van der Waals surface area contributed by atoms with Crippen LogP contribution in [0.4, 0.5) is 26.3 Å². The van der Waals surface area contributed by atoms with E-state index in [4.69, 9.17) is 4.74 Å². The smallest absolute Gasteiger partial charge is 0.387 e. The molecule has 0 aliphatic carbocycles. The first-order valence-electron chi connectivity index (χ1n) is 14.3. The molecule has 0 aliphatic rings. The number of hydrogen-bond donors (Lipinski definition) is 0. The lowest BCUT2D eigenvalue weighted by molar-refractivity contribution is -0.0546. The first-order chi connectivity index (χ1) is 20.2. The fourth-order valence-electron chi connectivity index (χ4n) is 4.97. The van der Waals surface area contributed by atoms with Crippen molar-refractivity contribution in [2.75, 3.05) is 6.61 Å². The molecule has 0 saturated carbocycles. The summed E-state index contributed by atoms with van der Waals surface area (Å²) in [7, 11) is 0. The third-order valence-electron chi connectivity index (χ3n) is 7.27. The van der Waals surface area contributed by atoms with Gasteiger partial charge in [-0.15, -0.1) is 0 Å². The molecule has 0 N–H and O–H groups in total. The number of fused-ring (bicyclic) bond motifs is 1. The summed E-state index contributed by atoms with van der Waals surface area (Å²) in [4.78, 5) is 0. The van der Waals surface area contributed by atoms with E-state index >= 15 is 4.39 Å². The number of rotatable bonds is 15. The van der Waals surface area contributed by atoms with Gasteiger partial charge in [0.05, 0.1) is 6.61 Å². The summed E-state index contributed by atoms with van der Waals surface area (Å²) >= 11 is 0. The van der Waals surface area contributed by atoms with E-state index in [-0.39, 0.29) is 24.2 Å². The Morgan fingerprint density at radius 1 is 0.643 bits per heavy atom. The zero-order valence-electron chi connectivity index (χ0n) is 23.5. The molecule has 42 heavy (non-hydrogen) atoms. The second-order valence-corrected chi connectivity index (χ2v) is 10.4. The highest BCUT2D eigenvalue weighted by atomic mass is 19.3. The van der Waals surface area contributed by atoms with Gasteiger partial charge in [0.25, 0.3) is 0 Å². The van der Waals surface area contributed by atoms with Crippen molar-refractivity contribution in [3.63, 3.8) is 0 Å². The molecule has 4 aromatic rings. The van der Waals surface area contributed by atoms with E-state index in [1.807, 2.05) is 6.07 Å². The Bertz CT molecular complexity index is 1460. The summed E-state index contributed by atoms with van der Waals surface area (Å²) in [6.07, 6.45) is 6.91. The van der Waals surface area contributed by atoms with Gasteiger partial charge >= 0.3 is 6.61 Å². The normalized spacial score (nSPS) is 11.4. The first-order valence-corrected chi connectivity index (χ1v) is 14.3. The summed E-state index contributed by atoms with van der Waals surface area (Å²) in [5.74, 6) is -3.85. The summed E-state index contributed by atoms with van der Waals surface area (Å²) in [5, 5.41) is 1.08. The molecule has 0 amide bonds. The molecule has 0 aromatic heterocycles. The Morgan fingerprint density at radius 3 is 2.05 bits per heavy atom. The van der Waals surface area contributed by atoms with Crippen LogP contribution in [0.1, 0.15) is 61.3 Å². The molecule has 4 aromatic carbocycles. The summed E-state index contributed by atoms with van der Waals surface area (Å²) in [6.45, 7) is -0.615. The van der Waals surface area contributed by atoms with E-state index in [2.05, 4.69) is 11.7 Å². The minimum absolute atomic E-state index is 0.0949. The van der Waals surface area contributed by atoms with E-state index in [1.165, 1.54) is 25.3 Å². The third-order valence-corrected chi connectivity index (χ3v) is 7.27. The van der Waals surface area contributed by atoms with Crippen molar-refractivity contribution in [2.24, 2.45) is 0 Å². The quantitative estimate of drug-likeness (QED) is 0.102. The number of halogens is 6. The van der Waals surface area contributed by atoms with E-state index in [0.29, 0.717) is 47.1 Å². The van der Waals surface area contributed by atoms with Gasteiger partial charge in [0.15, 0.2) is 17.4 Å². The number of ether oxygens (including phenoxy) is 2. The molecule has 0 atom stereocenters. The molecule has 8 heteroatoms. The fraction of sp³-hybridized carbons (Fsp3) is 0.353. The molecule has 4 rings (SSSR count). The minimum atomic E-state index is -3.35. The predicted octanol–water partition coefficient (Wildman–Crippen LogP) is 9.92. The molecular weight excluding hydrogens is 554 g/mol. The summed E-state index contributed by atoms with van der Waals surface area (Å²) < 4.78 is 92.3. The monoisotopic (exact) mass is 588 g/mol. The summed E-state index contributed by atoms with van der Waals surface area (Å²) in [5.41, 5.74) is 2.05. The molecule has 0 unspecified atom stereocenters. The zero-order valence-corrected chi connectivity index (χ0v) is 23.5. The standard InChI is InChI=1S/C34H34F6O2/c1-2-3-4-5-6-17-41-27-15-14-24(29(35)21-27)10-7-22-9-16-28-26(18-22)13-12-25(32(28)38)11-8-23-19-30(36)33(31(37)20-23)42-34(39)40/h9,12-16,18-21,34H,2-8,10-11,17H2,1H3. The Labute approximate surface area is 242 Å². The van der Waals surface area contributed by atoms with Crippen molar-refractivity contribution in [2.45, 2.75) is 71.3 Å². The molecule has 0 bridgehead atoms. The van der Waals surface area contributed by atoms with Crippen LogP contribution in [0.5, 0.6) is 11.5 Å². The Kier molecular flexibility index (Phi) is 11.2. The highest BCUT2D eigenvalue weighted by Gasteiger charge is 2.17. The molecular formula is C34H34F6O2. The van der Waals surface area contributed by atoms with Crippen LogP contribution in [0.2, 0.25) is 0 Å². The maximum Gasteiger partial charge on any atom is 0.387 e. The SMILES string of the molecule is CCCCCCCOc1ccc(CCc2ccc3c(F)c(CCc4cc(F)c(OC(F)F)c(F)c4)ccc3c2)c(F)c1. The molecule has 0 heterocycles. The fourth-order valence-corrected chi connectivity index (χ4v) is 4.97. The van der Waals surface area contributed by atoms with E-state index in [1.54, 1.807) is 36.4 Å². The van der Waals surface area contributed by atoms with Crippen LogP contribution in [0.25, 0.3) is 10.8 Å². The van der Waals surface area contributed by atoms with Crippen LogP contribution in [0, 0.1) is 23.3 Å². The number of alkyl halides is 2. The highest BCUT2D eigenvalue weighted by molar-refractivity contribution is 5.84. The molecule has 0 fully saturated rings. The lowest BCUT2D eigenvalue weighted by Gasteiger charge is -2.11. The molecule has 0 radical (unpaired) electrons. The predicted molar refractivity (Wildman–Crippen MR) is 152 cm³/mol. The van der Waals surface area contributed by atoms with Crippen molar-refractivity contribution in [1.82, 2.24) is 0 Å². The average Bonchev–Trinajstić information content (AvgIpc) is 2.96. The van der Waals surface area contributed by atoms with E-state index in [9.17, 15) is 22.0 Å². The van der Waals surface area contributed by atoms with Crippen molar-refractivity contribution in [3.8, 4) is 11.5 Å². The summed E-state index contributed by atoms with van der Waals surface area (Å²) in [6, 6.07) is 15.5. The third kappa shape index (κ3) is 8.43. The maximum absolute atomic E-state index is 15.3. The van der Waals surface area contributed by atoms with Gasteiger partial charge in [-0.1, -0.05) is 69.0 Å². The van der Waals surface area contributed by atoms with Gasteiger partial charge in [-0.3, -0.25) is 0 Å². The van der Waals surface area contributed by atoms with Crippen molar-refractivity contribution >= 4 is 10.8 Å². The van der Waals surface area contributed by atoms with Crippen LogP contribution in [0.3, 0.4) is 0 Å². The number of benzene rings is 4. The van der Waals surface area contributed by atoms with Gasteiger partial charge in [0, 0.05) is 11.5 Å². The lowest BCUT2D eigenvalue weighted by atomic mass is 9.97. The van der Waals surface area contributed by atoms with Crippen molar-refractivity contribution in [3.05, 3.63) is 106 Å². The van der Waals surface area contributed by atoms with Crippen LogP contribution in [0.15, 0.2) is 60.7 Å². The molecule has 0 saturated heterocycles. The largest absolute Gasteiger partial charge is 0.493 e. The maximum atomic E-state index is 15.3. The van der Waals surface area contributed by atoms with Gasteiger partial charge in [-0.25, -0.2) is 17.6 Å². The van der Waals surface area contributed by atoms with Gasteiger partial charge in [0.2, 0.25) is 0 Å². The number of hydrogen-bond acceptors (Lipinski definition) is 2. The van der Waals surface area contributed by atoms with E-state index < -0.39 is 29.8 Å². The second-order valence-electron chi connectivity index (χ2n) is 10.4. The van der Waals surface area contributed by atoms with Gasteiger partial charge in [-0.05, 0) is 77.9 Å². The Morgan fingerprint density at radius 2 is 1.33 bits per heavy atom. The molecule has 2 nitrogen and oxygen atoms in total. The second kappa shape index (κ2) is 15.0. The van der Waals surface area contributed by atoms with Crippen LogP contribution in [-0.2, 0) is 25.7 Å². The highest BCUT2D eigenvalue weighted by Crippen LogP contribution is 2.28. The number of aryl methyl sites for hydroxylation is 4. The topological polar surface area (TPSA) is 18.5 Å². The van der Waals surface area contributed by atoms with Gasteiger partial charge in [-0.2, -0.15) is 8.78 Å². The molecule has 0 aliphatic heterocycles. The van der Waals surface area contributed by atoms with Crippen LogP contribution in [-0.4, -0.2) is 13.2 Å². The number of unbranched alkanes of at least 4 members (excludes halogenated alkanes) is 4. The van der Waals surface area contributed by atoms with Crippen molar-refractivity contribution in [1.29, 1.82) is 0 Å². The zero-order chi connectivity index (χ0) is 30.1. The van der Waals surface area contributed by atoms with Gasteiger partial charge < -0.3 is 9.47 Å². The Balaban J connectivity index is 1.34. The lowest BCUT2D eigenvalue weighted by Crippen LogP contribution is -2.06.